The summed E-state index contributed by atoms with van der Waals surface area (Å²) in [5.74, 6) is -1.88. The number of anilines is 1. The van der Waals surface area contributed by atoms with Crippen molar-refractivity contribution in [3.05, 3.63) is 28.8 Å². The van der Waals surface area contributed by atoms with Crippen LogP contribution in [0, 0.1) is 6.92 Å². The Balaban J connectivity index is 1.83. The molecule has 2 rings (SSSR count). The van der Waals surface area contributed by atoms with Gasteiger partial charge >= 0.3 is 11.8 Å². The molecule has 1 aromatic carbocycles. The molecular weight excluding hydrogens is 342 g/mol. The van der Waals surface area contributed by atoms with Gasteiger partial charge in [0.15, 0.2) is 0 Å². The normalized spacial score (nSPS) is 14.1. The van der Waals surface area contributed by atoms with Crippen molar-refractivity contribution in [2.24, 2.45) is 0 Å². The Hall–Kier alpha value is -2.06. The van der Waals surface area contributed by atoms with Crippen molar-refractivity contribution < 1.29 is 19.2 Å². The molecule has 0 radical (unpaired) electrons. The van der Waals surface area contributed by atoms with Crippen LogP contribution < -0.4 is 10.6 Å². The lowest BCUT2D eigenvalue weighted by atomic mass is 10.2. The number of thioether (sulfide) groups is 1. The number of carbonyl (C=O) groups excluding carboxylic acids is 4. The summed E-state index contributed by atoms with van der Waals surface area (Å²) in [6.45, 7) is 1.82. The summed E-state index contributed by atoms with van der Waals surface area (Å²) in [5, 5.41) is 4.92. The second-order valence-corrected chi connectivity index (χ2v) is 6.13. The van der Waals surface area contributed by atoms with Crippen LogP contribution in [0.3, 0.4) is 0 Å². The molecule has 0 bridgehead atoms. The second-order valence-electron chi connectivity index (χ2n) is 4.77. The van der Waals surface area contributed by atoms with E-state index in [1.165, 1.54) is 0 Å². The molecule has 2 N–H and O–H groups in total. The molecule has 7 nitrogen and oxygen atoms in total. The summed E-state index contributed by atoms with van der Waals surface area (Å²) < 4.78 is 0. The van der Waals surface area contributed by atoms with Crippen LogP contribution in [0.4, 0.5) is 10.5 Å². The van der Waals surface area contributed by atoms with Gasteiger partial charge in [0.2, 0.25) is 5.91 Å². The van der Waals surface area contributed by atoms with Gasteiger partial charge in [0.05, 0.1) is 5.75 Å². The number of aryl methyl sites for hydroxylation is 1. The molecule has 0 atom stereocenters. The van der Waals surface area contributed by atoms with Crippen LogP contribution in [0.1, 0.15) is 5.56 Å². The maximum atomic E-state index is 11.8. The zero-order valence-electron chi connectivity index (χ0n) is 12.2. The van der Waals surface area contributed by atoms with Crippen molar-refractivity contribution in [3.8, 4) is 0 Å². The van der Waals surface area contributed by atoms with Crippen LogP contribution in [-0.2, 0) is 14.4 Å². The lowest BCUT2D eigenvalue weighted by molar-refractivity contribution is -0.136. The first-order valence-corrected chi connectivity index (χ1v) is 8.07. The van der Waals surface area contributed by atoms with Gasteiger partial charge in [0, 0.05) is 23.8 Å². The minimum Gasteiger partial charge on any atom is -0.346 e. The Morgan fingerprint density at radius 1 is 1.30 bits per heavy atom. The first-order chi connectivity index (χ1) is 10.9. The topological polar surface area (TPSA) is 95.6 Å². The van der Waals surface area contributed by atoms with Crippen LogP contribution in [0.15, 0.2) is 18.2 Å². The fraction of sp³-hybridized carbons (Fsp3) is 0.286. The average molecular weight is 356 g/mol. The standard InChI is InChI=1S/C14H14ClN3O4S/c1-8-2-3-9(15)6-10(8)17-13(21)12(20)16-4-5-18-11(19)7-23-14(18)22/h2-3,6H,4-5,7H2,1H3,(H,16,20)(H,17,21). The van der Waals surface area contributed by atoms with E-state index in [1.807, 2.05) is 0 Å². The summed E-state index contributed by atoms with van der Waals surface area (Å²) in [6, 6.07) is 4.94. The lowest BCUT2D eigenvalue weighted by Gasteiger charge is -2.13. The van der Waals surface area contributed by atoms with Gasteiger partial charge in [-0.3, -0.25) is 24.1 Å². The van der Waals surface area contributed by atoms with E-state index in [-0.39, 0.29) is 30.0 Å². The van der Waals surface area contributed by atoms with Crippen LogP contribution >= 0.6 is 23.4 Å². The third-order valence-corrected chi connectivity index (χ3v) is 4.21. The molecule has 1 aromatic rings. The van der Waals surface area contributed by atoms with Gasteiger partial charge < -0.3 is 10.6 Å². The van der Waals surface area contributed by atoms with E-state index in [0.717, 1.165) is 22.2 Å². The number of hydrogen-bond acceptors (Lipinski definition) is 5. The summed E-state index contributed by atoms with van der Waals surface area (Å²) >= 11 is 6.76. The Kier molecular flexibility index (Phi) is 5.62. The van der Waals surface area contributed by atoms with Crippen LogP contribution in [0.2, 0.25) is 5.02 Å². The molecule has 1 aliphatic rings. The molecule has 23 heavy (non-hydrogen) atoms. The zero-order chi connectivity index (χ0) is 17.0. The molecule has 0 aliphatic carbocycles. The van der Waals surface area contributed by atoms with E-state index in [9.17, 15) is 19.2 Å². The summed E-state index contributed by atoms with van der Waals surface area (Å²) in [7, 11) is 0. The Bertz CT molecular complexity index is 664. The summed E-state index contributed by atoms with van der Waals surface area (Å²) in [6.07, 6.45) is 0. The molecule has 1 fully saturated rings. The number of halogens is 1. The van der Waals surface area contributed by atoms with Crippen molar-refractivity contribution in [2.75, 3.05) is 24.2 Å². The molecule has 1 heterocycles. The number of benzene rings is 1. The molecule has 9 heteroatoms. The number of amides is 4. The van der Waals surface area contributed by atoms with Gasteiger partial charge in [0.1, 0.15) is 0 Å². The van der Waals surface area contributed by atoms with Crippen LogP contribution in [-0.4, -0.2) is 46.7 Å². The van der Waals surface area contributed by atoms with E-state index < -0.39 is 11.8 Å². The molecule has 0 unspecified atom stereocenters. The van der Waals surface area contributed by atoms with Gasteiger partial charge in [-0.2, -0.15) is 0 Å². The van der Waals surface area contributed by atoms with E-state index in [1.54, 1.807) is 25.1 Å². The first-order valence-electron chi connectivity index (χ1n) is 6.71. The first kappa shape index (κ1) is 17.3. The number of nitrogens with zero attached hydrogens (tertiary/aromatic N) is 1. The maximum absolute atomic E-state index is 11.8. The molecule has 0 aromatic heterocycles. The van der Waals surface area contributed by atoms with Gasteiger partial charge in [-0.15, -0.1) is 0 Å². The highest BCUT2D eigenvalue weighted by atomic mass is 35.5. The SMILES string of the molecule is Cc1ccc(Cl)cc1NC(=O)C(=O)NCCN1C(=O)CSC1=O. The lowest BCUT2D eigenvalue weighted by Crippen LogP contribution is -2.41. The summed E-state index contributed by atoms with van der Waals surface area (Å²) in [4.78, 5) is 47.3. The number of carbonyl (C=O) groups is 4. The Labute approximate surface area is 141 Å². The van der Waals surface area contributed by atoms with Crippen molar-refractivity contribution in [3.63, 3.8) is 0 Å². The van der Waals surface area contributed by atoms with Crippen molar-refractivity contribution in [1.82, 2.24) is 10.2 Å². The van der Waals surface area contributed by atoms with Gasteiger partial charge in [-0.05, 0) is 24.6 Å². The van der Waals surface area contributed by atoms with E-state index in [0.29, 0.717) is 10.7 Å². The average Bonchev–Trinajstić information content (AvgIpc) is 2.82. The van der Waals surface area contributed by atoms with E-state index in [4.69, 9.17) is 11.6 Å². The number of nitrogens with one attached hydrogen (secondary N) is 2. The predicted molar refractivity (Wildman–Crippen MR) is 87.4 cm³/mol. The minimum absolute atomic E-state index is 0.0127. The fourth-order valence-corrected chi connectivity index (χ4v) is 2.79. The van der Waals surface area contributed by atoms with Crippen molar-refractivity contribution in [1.29, 1.82) is 0 Å². The molecule has 0 spiro atoms. The van der Waals surface area contributed by atoms with Gasteiger partial charge in [-0.25, -0.2) is 0 Å². The second kappa shape index (κ2) is 7.47. The molecule has 122 valence electrons. The minimum atomic E-state index is -0.851. The Morgan fingerprint density at radius 3 is 2.70 bits per heavy atom. The van der Waals surface area contributed by atoms with Crippen molar-refractivity contribution >= 4 is 52.0 Å². The molecule has 1 aliphatic heterocycles. The number of hydrogen-bond donors (Lipinski definition) is 2. The van der Waals surface area contributed by atoms with Crippen molar-refractivity contribution in [2.45, 2.75) is 6.92 Å². The number of imide groups is 1. The third kappa shape index (κ3) is 4.46. The quantitative estimate of drug-likeness (QED) is 0.796. The highest BCUT2D eigenvalue weighted by molar-refractivity contribution is 8.14. The number of rotatable bonds is 4. The Morgan fingerprint density at radius 2 is 2.04 bits per heavy atom. The molecule has 4 amide bonds. The smallest absolute Gasteiger partial charge is 0.313 e. The fourth-order valence-electron chi connectivity index (χ4n) is 1.87. The van der Waals surface area contributed by atoms with Gasteiger partial charge in [-0.1, -0.05) is 29.4 Å². The predicted octanol–water partition coefficient (Wildman–Crippen LogP) is 1.40. The van der Waals surface area contributed by atoms with E-state index >= 15 is 0 Å². The third-order valence-electron chi connectivity index (χ3n) is 3.12. The van der Waals surface area contributed by atoms with Gasteiger partial charge in [0.25, 0.3) is 5.24 Å². The maximum Gasteiger partial charge on any atom is 0.313 e. The zero-order valence-corrected chi connectivity index (χ0v) is 13.8. The summed E-state index contributed by atoms with van der Waals surface area (Å²) in [5.41, 5.74) is 1.21. The molecule has 0 saturated carbocycles. The highest BCUT2D eigenvalue weighted by Gasteiger charge is 2.29. The monoisotopic (exact) mass is 355 g/mol. The van der Waals surface area contributed by atoms with Crippen LogP contribution in [0.25, 0.3) is 0 Å². The highest BCUT2D eigenvalue weighted by Crippen LogP contribution is 2.20. The van der Waals surface area contributed by atoms with Crippen LogP contribution in [0.5, 0.6) is 0 Å². The van der Waals surface area contributed by atoms with E-state index in [2.05, 4.69) is 10.6 Å². The molecule has 1 saturated heterocycles. The molecular formula is C14H14ClN3O4S. The largest absolute Gasteiger partial charge is 0.346 e.